The number of nitrogens with one attached hydrogen (secondary N) is 1. The number of rotatable bonds is 6. The molecule has 0 bridgehead atoms. The van der Waals surface area contributed by atoms with Crippen molar-refractivity contribution in [2.75, 3.05) is 7.11 Å². The molecule has 2 aromatic heterocycles. The maximum absolute atomic E-state index is 6.05. The lowest BCUT2D eigenvalue weighted by Crippen LogP contribution is -2.20. The molecule has 1 atom stereocenters. The minimum atomic E-state index is 0.142. The fraction of sp³-hybridized carbons (Fsp3) is 0.190. The van der Waals surface area contributed by atoms with Crippen molar-refractivity contribution in [2.24, 2.45) is 0 Å². The molecule has 27 heavy (non-hydrogen) atoms. The van der Waals surface area contributed by atoms with E-state index in [2.05, 4.69) is 34.3 Å². The Hall–Kier alpha value is -2.34. The monoisotopic (exact) mass is 397 g/mol. The summed E-state index contributed by atoms with van der Waals surface area (Å²) in [6.45, 7) is 2.83. The number of thiazole rings is 1. The van der Waals surface area contributed by atoms with Crippen LogP contribution in [-0.4, -0.2) is 16.5 Å². The Kier molecular flexibility index (Phi) is 5.16. The van der Waals surface area contributed by atoms with Crippen LogP contribution in [0.4, 0.5) is 0 Å². The van der Waals surface area contributed by atoms with Crippen LogP contribution in [0.1, 0.15) is 24.2 Å². The summed E-state index contributed by atoms with van der Waals surface area (Å²) in [5.74, 6) is 0.893. The van der Waals surface area contributed by atoms with E-state index in [0.29, 0.717) is 6.54 Å². The second-order valence-electron chi connectivity index (χ2n) is 6.31. The van der Waals surface area contributed by atoms with Gasteiger partial charge in [-0.05, 0) is 25.1 Å². The summed E-state index contributed by atoms with van der Waals surface area (Å²) in [7, 11) is 1.70. The average Bonchev–Trinajstić information content (AvgIpc) is 3.28. The first-order valence-electron chi connectivity index (χ1n) is 8.74. The quantitative estimate of drug-likeness (QED) is 0.461. The van der Waals surface area contributed by atoms with Crippen molar-refractivity contribution >= 4 is 27.9 Å². The lowest BCUT2D eigenvalue weighted by atomic mass is 10.1. The number of imidazole rings is 1. The van der Waals surface area contributed by atoms with E-state index in [1.54, 1.807) is 18.4 Å². The molecule has 0 saturated heterocycles. The van der Waals surface area contributed by atoms with Gasteiger partial charge in [0.05, 0.1) is 18.5 Å². The Morgan fingerprint density at radius 3 is 2.74 bits per heavy atom. The number of ether oxygens (including phenoxy) is 1. The van der Waals surface area contributed by atoms with Crippen molar-refractivity contribution in [2.45, 2.75) is 19.5 Å². The molecule has 0 aliphatic carbocycles. The molecule has 0 aliphatic rings. The molecule has 4 aromatic rings. The van der Waals surface area contributed by atoms with Crippen molar-refractivity contribution in [3.63, 3.8) is 0 Å². The highest BCUT2D eigenvalue weighted by Crippen LogP contribution is 2.29. The molecule has 0 radical (unpaired) electrons. The molecule has 0 amide bonds. The number of benzene rings is 2. The summed E-state index contributed by atoms with van der Waals surface area (Å²) in [6, 6.07) is 16.1. The standard InChI is InChI=1S/C21H20ClN3OS/c1-14(17-5-3-4-6-19(17)26-2)23-13-18-20(15-7-9-16(22)10-8-15)24-21-25(18)11-12-27-21/h3-12,14,23H,13H2,1-2H3/t14-/m0/s1. The number of nitrogens with zero attached hydrogens (tertiary/aromatic N) is 2. The van der Waals surface area contributed by atoms with Crippen molar-refractivity contribution in [1.82, 2.24) is 14.7 Å². The Morgan fingerprint density at radius 2 is 1.96 bits per heavy atom. The Labute approximate surface area is 167 Å². The van der Waals surface area contributed by atoms with Gasteiger partial charge in [0.2, 0.25) is 0 Å². The van der Waals surface area contributed by atoms with Crippen LogP contribution in [-0.2, 0) is 6.54 Å². The second kappa shape index (κ2) is 7.72. The summed E-state index contributed by atoms with van der Waals surface area (Å²) in [5, 5.41) is 6.40. The van der Waals surface area contributed by atoms with Gasteiger partial charge in [0.25, 0.3) is 0 Å². The second-order valence-corrected chi connectivity index (χ2v) is 7.62. The molecule has 2 heterocycles. The van der Waals surface area contributed by atoms with Gasteiger partial charge in [-0.1, -0.05) is 41.9 Å². The van der Waals surface area contributed by atoms with Crippen molar-refractivity contribution < 1.29 is 4.74 Å². The Balaban J connectivity index is 1.64. The number of halogens is 1. The number of methoxy groups -OCH3 is 1. The first-order chi connectivity index (χ1) is 13.2. The van der Waals surface area contributed by atoms with E-state index in [4.69, 9.17) is 21.3 Å². The highest BCUT2D eigenvalue weighted by Gasteiger charge is 2.17. The van der Waals surface area contributed by atoms with Gasteiger partial charge < -0.3 is 10.1 Å². The maximum atomic E-state index is 6.05. The summed E-state index contributed by atoms with van der Waals surface area (Å²) >= 11 is 7.68. The smallest absolute Gasteiger partial charge is 0.194 e. The van der Waals surface area contributed by atoms with Crippen LogP contribution in [0.15, 0.2) is 60.1 Å². The van der Waals surface area contributed by atoms with Gasteiger partial charge in [0, 0.05) is 40.3 Å². The Bertz CT molecular complexity index is 1050. The minimum absolute atomic E-state index is 0.142. The van der Waals surface area contributed by atoms with Gasteiger partial charge in [0.1, 0.15) is 5.75 Å². The molecule has 2 aromatic carbocycles. The van der Waals surface area contributed by atoms with Gasteiger partial charge in [-0.15, -0.1) is 11.3 Å². The number of hydrogen-bond acceptors (Lipinski definition) is 4. The van der Waals surface area contributed by atoms with Crippen LogP contribution < -0.4 is 10.1 Å². The maximum Gasteiger partial charge on any atom is 0.194 e. The molecule has 4 nitrogen and oxygen atoms in total. The summed E-state index contributed by atoms with van der Waals surface area (Å²) in [4.78, 5) is 5.82. The summed E-state index contributed by atoms with van der Waals surface area (Å²) in [6.07, 6.45) is 2.07. The van der Waals surface area contributed by atoms with E-state index in [-0.39, 0.29) is 6.04 Å². The van der Waals surface area contributed by atoms with Crippen LogP contribution in [0.3, 0.4) is 0 Å². The first-order valence-corrected chi connectivity index (χ1v) is 10.00. The van der Waals surface area contributed by atoms with E-state index in [1.807, 2.05) is 42.5 Å². The zero-order chi connectivity index (χ0) is 18.8. The van der Waals surface area contributed by atoms with Crippen LogP contribution in [0, 0.1) is 0 Å². The van der Waals surface area contributed by atoms with E-state index in [0.717, 1.165) is 38.2 Å². The topological polar surface area (TPSA) is 38.6 Å². The third-order valence-corrected chi connectivity index (χ3v) is 5.67. The average molecular weight is 398 g/mol. The van der Waals surface area contributed by atoms with Gasteiger partial charge in [-0.2, -0.15) is 0 Å². The van der Waals surface area contributed by atoms with Gasteiger partial charge in [-0.3, -0.25) is 4.40 Å². The van der Waals surface area contributed by atoms with Crippen molar-refractivity contribution in [1.29, 1.82) is 0 Å². The SMILES string of the molecule is COc1ccccc1[C@H](C)NCc1c(-c2ccc(Cl)cc2)nc2sccn12. The first kappa shape index (κ1) is 18.0. The summed E-state index contributed by atoms with van der Waals surface area (Å²) in [5.41, 5.74) is 4.32. The van der Waals surface area contributed by atoms with Gasteiger partial charge in [-0.25, -0.2) is 4.98 Å². The fourth-order valence-electron chi connectivity index (χ4n) is 3.22. The van der Waals surface area contributed by atoms with Crippen molar-refractivity contribution in [3.05, 3.63) is 76.4 Å². The number of fused-ring (bicyclic) bond motifs is 1. The molecule has 6 heteroatoms. The zero-order valence-corrected chi connectivity index (χ0v) is 16.7. The molecule has 1 N–H and O–H groups in total. The lowest BCUT2D eigenvalue weighted by Gasteiger charge is -2.17. The van der Waals surface area contributed by atoms with Crippen LogP contribution in [0.2, 0.25) is 5.02 Å². The molecule has 0 aliphatic heterocycles. The van der Waals surface area contributed by atoms with E-state index in [9.17, 15) is 0 Å². The fourth-order valence-corrected chi connectivity index (χ4v) is 4.08. The number of aromatic nitrogens is 2. The van der Waals surface area contributed by atoms with Crippen molar-refractivity contribution in [3.8, 4) is 17.0 Å². The molecule has 138 valence electrons. The minimum Gasteiger partial charge on any atom is -0.496 e. The number of hydrogen-bond donors (Lipinski definition) is 1. The molecule has 0 saturated carbocycles. The predicted octanol–water partition coefficient (Wildman–Crippen LogP) is 5.58. The van der Waals surface area contributed by atoms with E-state index < -0.39 is 0 Å². The highest BCUT2D eigenvalue weighted by atomic mass is 35.5. The predicted molar refractivity (Wildman–Crippen MR) is 112 cm³/mol. The largest absolute Gasteiger partial charge is 0.496 e. The van der Waals surface area contributed by atoms with E-state index >= 15 is 0 Å². The van der Waals surface area contributed by atoms with Crippen LogP contribution >= 0.6 is 22.9 Å². The zero-order valence-electron chi connectivity index (χ0n) is 15.1. The van der Waals surface area contributed by atoms with Crippen LogP contribution in [0.25, 0.3) is 16.2 Å². The molecular formula is C21H20ClN3OS. The molecule has 4 rings (SSSR count). The van der Waals surface area contributed by atoms with Crippen LogP contribution in [0.5, 0.6) is 5.75 Å². The third-order valence-electron chi connectivity index (χ3n) is 4.66. The summed E-state index contributed by atoms with van der Waals surface area (Å²) < 4.78 is 7.65. The van der Waals surface area contributed by atoms with Gasteiger partial charge in [0.15, 0.2) is 4.96 Å². The molecular weight excluding hydrogens is 378 g/mol. The van der Waals surface area contributed by atoms with Gasteiger partial charge >= 0.3 is 0 Å². The lowest BCUT2D eigenvalue weighted by molar-refractivity contribution is 0.401. The molecule has 0 fully saturated rings. The third kappa shape index (κ3) is 3.58. The molecule has 0 spiro atoms. The van der Waals surface area contributed by atoms with E-state index in [1.165, 1.54) is 0 Å². The Morgan fingerprint density at radius 1 is 1.19 bits per heavy atom. The normalized spacial score (nSPS) is 12.4. The molecule has 0 unspecified atom stereocenters. The highest BCUT2D eigenvalue weighted by molar-refractivity contribution is 7.15. The number of para-hydroxylation sites is 1.